The van der Waals surface area contributed by atoms with Crippen LogP contribution in [-0.4, -0.2) is 31.2 Å². The maximum Gasteiger partial charge on any atom is 0.414 e. The Bertz CT molecular complexity index is 561. The Morgan fingerprint density at radius 1 is 1.38 bits per heavy atom. The number of nitrogens with zero attached hydrogens (tertiary/aromatic N) is 1. The van der Waals surface area contributed by atoms with E-state index in [2.05, 4.69) is 5.32 Å². The molecule has 2 amide bonds. The molecule has 2 unspecified atom stereocenters. The van der Waals surface area contributed by atoms with E-state index in [-0.39, 0.29) is 24.0 Å². The third-order valence-corrected chi connectivity index (χ3v) is 4.09. The van der Waals surface area contributed by atoms with Gasteiger partial charge in [-0.05, 0) is 31.0 Å². The van der Waals surface area contributed by atoms with Crippen LogP contribution in [0, 0.1) is 5.92 Å². The van der Waals surface area contributed by atoms with Crippen molar-refractivity contribution in [2.24, 2.45) is 11.7 Å². The summed E-state index contributed by atoms with van der Waals surface area (Å²) >= 11 is 0. The Morgan fingerprint density at radius 2 is 2.24 bits per heavy atom. The standard InChI is InChI=1S/C15H19N3O3/c16-13-6-2-5-12(13)14(19)17-10-3-1-4-11(9-10)18-7-8-21-15(18)20/h1,3-4,9,12-13H,2,5-8,16H2,(H,17,19). The van der Waals surface area contributed by atoms with Crippen LogP contribution in [0.4, 0.5) is 16.2 Å². The molecule has 6 nitrogen and oxygen atoms in total. The van der Waals surface area contributed by atoms with Crippen LogP contribution < -0.4 is 16.0 Å². The number of rotatable bonds is 3. The monoisotopic (exact) mass is 289 g/mol. The number of carbonyl (C=O) groups excluding carboxylic acids is 2. The molecule has 1 aromatic rings. The quantitative estimate of drug-likeness (QED) is 0.887. The van der Waals surface area contributed by atoms with Gasteiger partial charge in [0.2, 0.25) is 5.91 Å². The van der Waals surface area contributed by atoms with E-state index >= 15 is 0 Å². The van der Waals surface area contributed by atoms with Crippen molar-refractivity contribution in [3.8, 4) is 0 Å². The number of hydrogen-bond acceptors (Lipinski definition) is 4. The summed E-state index contributed by atoms with van der Waals surface area (Å²) in [6.45, 7) is 0.927. The molecule has 0 aromatic heterocycles. The summed E-state index contributed by atoms with van der Waals surface area (Å²) in [6, 6.07) is 7.17. The second-order valence-corrected chi connectivity index (χ2v) is 5.51. The van der Waals surface area contributed by atoms with Gasteiger partial charge in [0.25, 0.3) is 0 Å². The average Bonchev–Trinajstić information content (AvgIpc) is 3.07. The molecule has 1 saturated heterocycles. The minimum absolute atomic E-state index is 0.0406. The molecule has 0 bridgehead atoms. The smallest absolute Gasteiger partial charge is 0.414 e. The van der Waals surface area contributed by atoms with E-state index in [4.69, 9.17) is 10.5 Å². The summed E-state index contributed by atoms with van der Waals surface area (Å²) in [4.78, 5) is 25.3. The molecular weight excluding hydrogens is 270 g/mol. The number of hydrogen-bond donors (Lipinski definition) is 2. The average molecular weight is 289 g/mol. The van der Waals surface area contributed by atoms with Gasteiger partial charge in [-0.3, -0.25) is 9.69 Å². The molecule has 3 N–H and O–H groups in total. The lowest BCUT2D eigenvalue weighted by Gasteiger charge is -2.17. The van der Waals surface area contributed by atoms with E-state index < -0.39 is 0 Å². The summed E-state index contributed by atoms with van der Waals surface area (Å²) in [7, 11) is 0. The maximum absolute atomic E-state index is 12.2. The van der Waals surface area contributed by atoms with Crippen molar-refractivity contribution in [3.05, 3.63) is 24.3 Å². The van der Waals surface area contributed by atoms with Crippen LogP contribution >= 0.6 is 0 Å². The van der Waals surface area contributed by atoms with Crippen LogP contribution in [0.2, 0.25) is 0 Å². The van der Waals surface area contributed by atoms with Gasteiger partial charge in [-0.1, -0.05) is 12.5 Å². The second-order valence-electron chi connectivity index (χ2n) is 5.51. The van der Waals surface area contributed by atoms with Gasteiger partial charge in [-0.2, -0.15) is 0 Å². The van der Waals surface area contributed by atoms with Crippen LogP contribution in [0.25, 0.3) is 0 Å². The zero-order valence-corrected chi connectivity index (χ0v) is 11.7. The molecule has 3 rings (SSSR count). The molecule has 2 fully saturated rings. The first-order valence-electron chi connectivity index (χ1n) is 7.26. The Kier molecular flexibility index (Phi) is 3.79. The Balaban J connectivity index is 1.71. The van der Waals surface area contributed by atoms with E-state index in [1.807, 2.05) is 18.2 Å². The number of amides is 2. The van der Waals surface area contributed by atoms with Crippen molar-refractivity contribution in [1.29, 1.82) is 0 Å². The molecule has 6 heteroatoms. The summed E-state index contributed by atoms with van der Waals surface area (Å²) in [6.07, 6.45) is 2.39. The minimum atomic E-state index is -0.351. The molecule has 0 spiro atoms. The fourth-order valence-electron chi connectivity index (χ4n) is 2.93. The van der Waals surface area contributed by atoms with Crippen molar-refractivity contribution in [2.45, 2.75) is 25.3 Å². The number of ether oxygens (including phenoxy) is 1. The highest BCUT2D eigenvalue weighted by Crippen LogP contribution is 2.27. The molecule has 1 heterocycles. The largest absolute Gasteiger partial charge is 0.447 e. The molecule has 1 aliphatic carbocycles. The summed E-state index contributed by atoms with van der Waals surface area (Å²) in [5.74, 6) is -0.161. The number of cyclic esters (lactones) is 1. The van der Waals surface area contributed by atoms with Crippen molar-refractivity contribution < 1.29 is 14.3 Å². The van der Waals surface area contributed by atoms with Crippen LogP contribution in [0.3, 0.4) is 0 Å². The molecule has 1 aromatic carbocycles. The summed E-state index contributed by atoms with van der Waals surface area (Å²) in [5, 5.41) is 2.90. The highest BCUT2D eigenvalue weighted by atomic mass is 16.6. The van der Waals surface area contributed by atoms with E-state index in [1.165, 1.54) is 0 Å². The molecule has 21 heavy (non-hydrogen) atoms. The molecule has 1 aliphatic heterocycles. The highest BCUT2D eigenvalue weighted by molar-refractivity contribution is 5.95. The van der Waals surface area contributed by atoms with Gasteiger partial charge >= 0.3 is 6.09 Å². The molecular formula is C15H19N3O3. The first-order chi connectivity index (χ1) is 10.1. The van der Waals surface area contributed by atoms with E-state index in [0.717, 1.165) is 24.9 Å². The van der Waals surface area contributed by atoms with Crippen molar-refractivity contribution >= 4 is 23.4 Å². The van der Waals surface area contributed by atoms with Crippen LogP contribution in [0.1, 0.15) is 19.3 Å². The first kappa shape index (κ1) is 13.9. The van der Waals surface area contributed by atoms with Crippen molar-refractivity contribution in [2.75, 3.05) is 23.4 Å². The summed E-state index contributed by atoms with van der Waals surface area (Å²) in [5.41, 5.74) is 7.36. The van der Waals surface area contributed by atoms with E-state index in [9.17, 15) is 9.59 Å². The van der Waals surface area contributed by atoms with Crippen LogP contribution in [-0.2, 0) is 9.53 Å². The Labute approximate surface area is 123 Å². The van der Waals surface area contributed by atoms with Crippen molar-refractivity contribution in [1.82, 2.24) is 0 Å². The van der Waals surface area contributed by atoms with Gasteiger partial charge < -0.3 is 15.8 Å². The third kappa shape index (κ3) is 2.85. The SMILES string of the molecule is NC1CCCC1C(=O)Nc1cccc(N2CCOC2=O)c1. The number of carbonyl (C=O) groups is 2. The lowest BCUT2D eigenvalue weighted by Crippen LogP contribution is -2.34. The fraction of sp³-hybridized carbons (Fsp3) is 0.467. The number of benzene rings is 1. The van der Waals surface area contributed by atoms with Crippen molar-refractivity contribution in [3.63, 3.8) is 0 Å². The van der Waals surface area contributed by atoms with E-state index in [1.54, 1.807) is 11.0 Å². The van der Waals surface area contributed by atoms with Gasteiger partial charge in [-0.15, -0.1) is 0 Å². The number of nitrogens with one attached hydrogen (secondary N) is 1. The molecule has 1 saturated carbocycles. The lowest BCUT2D eigenvalue weighted by atomic mass is 10.0. The predicted octanol–water partition coefficient (Wildman–Crippen LogP) is 1.71. The van der Waals surface area contributed by atoms with Crippen LogP contribution in [0.15, 0.2) is 24.3 Å². The zero-order chi connectivity index (χ0) is 14.8. The first-order valence-corrected chi connectivity index (χ1v) is 7.26. The van der Waals surface area contributed by atoms with Gasteiger partial charge in [-0.25, -0.2) is 4.79 Å². The normalized spacial score (nSPS) is 25.0. The predicted molar refractivity (Wildman–Crippen MR) is 79.1 cm³/mol. The maximum atomic E-state index is 12.2. The van der Waals surface area contributed by atoms with Gasteiger partial charge in [0.05, 0.1) is 12.5 Å². The molecule has 0 radical (unpaired) electrons. The second kappa shape index (κ2) is 5.73. The van der Waals surface area contributed by atoms with Gasteiger partial charge in [0.15, 0.2) is 0 Å². The minimum Gasteiger partial charge on any atom is -0.447 e. The molecule has 2 aliphatic rings. The van der Waals surface area contributed by atoms with Crippen LogP contribution in [0.5, 0.6) is 0 Å². The lowest BCUT2D eigenvalue weighted by molar-refractivity contribution is -0.120. The Hall–Kier alpha value is -2.08. The van der Waals surface area contributed by atoms with Gasteiger partial charge in [0.1, 0.15) is 6.61 Å². The Morgan fingerprint density at radius 3 is 2.90 bits per heavy atom. The number of nitrogens with two attached hydrogens (primary N) is 1. The van der Waals surface area contributed by atoms with E-state index in [0.29, 0.717) is 18.8 Å². The zero-order valence-electron chi connectivity index (χ0n) is 11.7. The van der Waals surface area contributed by atoms with Gasteiger partial charge in [0, 0.05) is 17.4 Å². The molecule has 112 valence electrons. The molecule has 2 atom stereocenters. The third-order valence-electron chi connectivity index (χ3n) is 4.09. The number of anilines is 2. The fourth-order valence-corrected chi connectivity index (χ4v) is 2.93. The highest BCUT2D eigenvalue weighted by Gasteiger charge is 2.30. The summed E-state index contributed by atoms with van der Waals surface area (Å²) < 4.78 is 4.92. The topological polar surface area (TPSA) is 84.7 Å².